The predicted molar refractivity (Wildman–Crippen MR) is 72.2 cm³/mol. The lowest BCUT2D eigenvalue weighted by Crippen LogP contribution is -2.18. The van der Waals surface area contributed by atoms with Gasteiger partial charge in [0.25, 0.3) is 0 Å². The maximum atomic E-state index is 11.6. The standard InChI is InChI=1S/C13H13NO4S/c1-18-12-8-14(5-4-9-3-2-6-19-9)10(13(16)17)7-11(12)15/h2-3,6-8H,4-5H2,1H3,(H,16,17). The van der Waals surface area contributed by atoms with Gasteiger partial charge in [0.2, 0.25) is 5.43 Å². The average Bonchev–Trinajstić information content (AvgIpc) is 2.89. The van der Waals surface area contributed by atoms with Crippen LogP contribution >= 0.6 is 11.3 Å². The minimum atomic E-state index is -1.12. The Balaban J connectivity index is 2.31. The molecule has 0 bridgehead atoms. The maximum Gasteiger partial charge on any atom is 0.352 e. The van der Waals surface area contributed by atoms with Gasteiger partial charge in [-0.2, -0.15) is 0 Å². The molecule has 0 saturated heterocycles. The molecule has 0 atom stereocenters. The molecule has 2 aromatic rings. The number of aromatic nitrogens is 1. The number of hydrogen-bond acceptors (Lipinski definition) is 4. The summed E-state index contributed by atoms with van der Waals surface area (Å²) in [5, 5.41) is 11.1. The summed E-state index contributed by atoms with van der Waals surface area (Å²) in [5.41, 5.74) is -0.449. The summed E-state index contributed by atoms with van der Waals surface area (Å²) in [5.74, 6) is -0.970. The van der Waals surface area contributed by atoms with Crippen LogP contribution in [0.3, 0.4) is 0 Å². The highest BCUT2D eigenvalue weighted by Gasteiger charge is 2.12. The van der Waals surface area contributed by atoms with Crippen LogP contribution in [0.15, 0.2) is 34.6 Å². The van der Waals surface area contributed by atoms with Gasteiger partial charge in [-0.1, -0.05) is 6.07 Å². The first-order chi connectivity index (χ1) is 9.11. The Bertz CT molecular complexity index is 631. The Morgan fingerprint density at radius 3 is 2.89 bits per heavy atom. The molecule has 2 heterocycles. The van der Waals surface area contributed by atoms with Gasteiger partial charge in [0.05, 0.1) is 13.3 Å². The molecule has 6 heteroatoms. The van der Waals surface area contributed by atoms with Gasteiger partial charge in [-0.25, -0.2) is 4.79 Å². The number of carbonyl (C=O) groups is 1. The highest BCUT2D eigenvalue weighted by Crippen LogP contribution is 2.12. The number of methoxy groups -OCH3 is 1. The third-order valence-corrected chi connectivity index (χ3v) is 3.65. The smallest absolute Gasteiger partial charge is 0.352 e. The number of ether oxygens (including phenoxy) is 1. The van der Waals surface area contributed by atoms with E-state index >= 15 is 0 Å². The van der Waals surface area contributed by atoms with Crippen LogP contribution in [0.2, 0.25) is 0 Å². The van der Waals surface area contributed by atoms with E-state index in [4.69, 9.17) is 9.84 Å². The van der Waals surface area contributed by atoms with E-state index < -0.39 is 11.4 Å². The molecular weight excluding hydrogens is 266 g/mol. The van der Waals surface area contributed by atoms with Crippen LogP contribution in [0.5, 0.6) is 5.75 Å². The minimum Gasteiger partial charge on any atom is -0.491 e. The molecule has 0 amide bonds. The van der Waals surface area contributed by atoms with Gasteiger partial charge in [0.15, 0.2) is 5.75 Å². The molecule has 0 unspecified atom stereocenters. The lowest BCUT2D eigenvalue weighted by molar-refractivity contribution is 0.0683. The van der Waals surface area contributed by atoms with Gasteiger partial charge >= 0.3 is 5.97 Å². The van der Waals surface area contributed by atoms with Crippen molar-refractivity contribution in [3.05, 3.63) is 50.6 Å². The second kappa shape index (κ2) is 5.71. The number of nitrogens with zero attached hydrogens (tertiary/aromatic N) is 1. The van der Waals surface area contributed by atoms with E-state index in [1.807, 2.05) is 17.5 Å². The van der Waals surface area contributed by atoms with Crippen molar-refractivity contribution in [2.24, 2.45) is 0 Å². The summed E-state index contributed by atoms with van der Waals surface area (Å²) in [6.45, 7) is 0.485. The third kappa shape index (κ3) is 3.03. The van der Waals surface area contributed by atoms with E-state index in [1.165, 1.54) is 17.9 Å². The summed E-state index contributed by atoms with van der Waals surface area (Å²) < 4.78 is 6.46. The summed E-state index contributed by atoms with van der Waals surface area (Å²) in [6.07, 6.45) is 2.16. The molecule has 2 aromatic heterocycles. The number of carboxylic acids is 1. The van der Waals surface area contributed by atoms with E-state index in [2.05, 4.69) is 0 Å². The normalized spacial score (nSPS) is 10.4. The van der Waals surface area contributed by atoms with Crippen LogP contribution in [0.1, 0.15) is 15.4 Å². The lowest BCUT2D eigenvalue weighted by Gasteiger charge is -2.11. The van der Waals surface area contributed by atoms with Crippen molar-refractivity contribution in [1.82, 2.24) is 4.57 Å². The van der Waals surface area contributed by atoms with Gasteiger partial charge in [-0.05, 0) is 17.9 Å². The van der Waals surface area contributed by atoms with Crippen LogP contribution in [-0.2, 0) is 13.0 Å². The van der Waals surface area contributed by atoms with Crippen LogP contribution in [0.4, 0.5) is 0 Å². The van der Waals surface area contributed by atoms with Crippen molar-refractivity contribution in [1.29, 1.82) is 0 Å². The summed E-state index contributed by atoms with van der Waals surface area (Å²) in [6, 6.07) is 5.03. The van der Waals surface area contributed by atoms with E-state index in [-0.39, 0.29) is 11.4 Å². The Kier molecular flexibility index (Phi) is 4.01. The number of thiophene rings is 1. The topological polar surface area (TPSA) is 68.5 Å². The molecule has 0 radical (unpaired) electrons. The SMILES string of the molecule is COc1cn(CCc2cccs2)c(C(=O)O)cc1=O. The van der Waals surface area contributed by atoms with Crippen molar-refractivity contribution in [2.75, 3.05) is 7.11 Å². The molecule has 0 aliphatic heterocycles. The number of aromatic carboxylic acids is 1. The maximum absolute atomic E-state index is 11.6. The van der Waals surface area contributed by atoms with Gasteiger partial charge in [0.1, 0.15) is 5.69 Å². The molecule has 1 N–H and O–H groups in total. The monoisotopic (exact) mass is 279 g/mol. The molecule has 0 fully saturated rings. The second-order valence-corrected chi connectivity index (χ2v) is 4.95. The number of carboxylic acid groups (broad SMARTS) is 1. The van der Waals surface area contributed by atoms with Crippen molar-refractivity contribution >= 4 is 17.3 Å². The highest BCUT2D eigenvalue weighted by atomic mass is 32.1. The number of hydrogen-bond donors (Lipinski definition) is 1. The third-order valence-electron chi connectivity index (χ3n) is 2.71. The molecule has 0 aromatic carbocycles. The van der Waals surface area contributed by atoms with E-state index in [0.717, 1.165) is 10.9 Å². The average molecular weight is 279 g/mol. The number of aryl methyl sites for hydroxylation is 2. The van der Waals surface area contributed by atoms with Crippen molar-refractivity contribution in [3.8, 4) is 5.75 Å². The van der Waals surface area contributed by atoms with Crippen LogP contribution in [0.25, 0.3) is 0 Å². The molecule has 100 valence electrons. The Morgan fingerprint density at radius 1 is 1.53 bits per heavy atom. The molecule has 0 saturated carbocycles. The first-order valence-electron chi connectivity index (χ1n) is 5.66. The molecule has 0 spiro atoms. The first-order valence-corrected chi connectivity index (χ1v) is 6.54. The molecule has 0 aliphatic carbocycles. The zero-order valence-corrected chi connectivity index (χ0v) is 11.1. The van der Waals surface area contributed by atoms with Gasteiger partial charge in [-0.15, -0.1) is 11.3 Å². The van der Waals surface area contributed by atoms with Crippen molar-refractivity contribution in [2.45, 2.75) is 13.0 Å². The molecule has 19 heavy (non-hydrogen) atoms. The fourth-order valence-corrected chi connectivity index (χ4v) is 2.46. The first kappa shape index (κ1) is 13.4. The zero-order chi connectivity index (χ0) is 13.8. The van der Waals surface area contributed by atoms with Gasteiger partial charge in [-0.3, -0.25) is 4.79 Å². The molecule has 5 nitrogen and oxygen atoms in total. The van der Waals surface area contributed by atoms with E-state index in [0.29, 0.717) is 13.0 Å². The predicted octanol–water partition coefficient (Wildman–Crippen LogP) is 1.86. The molecular formula is C13H13NO4S. The fraction of sp³-hybridized carbons (Fsp3) is 0.231. The summed E-state index contributed by atoms with van der Waals surface area (Å²) in [4.78, 5) is 23.9. The van der Waals surface area contributed by atoms with Crippen molar-refractivity contribution < 1.29 is 14.6 Å². The van der Waals surface area contributed by atoms with Gasteiger partial charge < -0.3 is 14.4 Å². The van der Waals surface area contributed by atoms with Crippen LogP contribution in [-0.4, -0.2) is 22.8 Å². The minimum absolute atomic E-state index is 0.0256. The summed E-state index contributed by atoms with van der Waals surface area (Å²) in [7, 11) is 1.39. The Hall–Kier alpha value is -2.08. The zero-order valence-electron chi connectivity index (χ0n) is 10.3. The van der Waals surface area contributed by atoms with E-state index in [1.54, 1.807) is 11.3 Å². The second-order valence-electron chi connectivity index (χ2n) is 3.92. The van der Waals surface area contributed by atoms with Crippen LogP contribution < -0.4 is 10.2 Å². The van der Waals surface area contributed by atoms with Gasteiger partial charge in [0, 0.05) is 17.5 Å². The number of rotatable bonds is 5. The van der Waals surface area contributed by atoms with E-state index in [9.17, 15) is 9.59 Å². The quantitative estimate of drug-likeness (QED) is 0.907. The Morgan fingerprint density at radius 2 is 2.32 bits per heavy atom. The Labute approximate surface area is 113 Å². The summed E-state index contributed by atoms with van der Waals surface area (Å²) >= 11 is 1.62. The lowest BCUT2D eigenvalue weighted by atomic mass is 10.3. The van der Waals surface area contributed by atoms with Crippen LogP contribution in [0, 0.1) is 0 Å². The highest BCUT2D eigenvalue weighted by molar-refractivity contribution is 7.09. The fourth-order valence-electron chi connectivity index (χ4n) is 1.76. The largest absolute Gasteiger partial charge is 0.491 e. The molecule has 2 rings (SSSR count). The van der Waals surface area contributed by atoms with Crippen molar-refractivity contribution in [3.63, 3.8) is 0 Å². The number of pyridine rings is 1. The molecule has 0 aliphatic rings.